The number of rotatable bonds is 6. The van der Waals surface area contributed by atoms with Crippen LogP contribution in [0.15, 0.2) is 42.5 Å². The summed E-state index contributed by atoms with van der Waals surface area (Å²) in [5, 5.41) is 0. The van der Waals surface area contributed by atoms with E-state index < -0.39 is 0 Å². The fraction of sp³-hybridized carbons (Fsp3) is 0.235. The number of methoxy groups -OCH3 is 2. The Morgan fingerprint density at radius 2 is 1.52 bits per heavy atom. The lowest BCUT2D eigenvalue weighted by Crippen LogP contribution is -2.06. The monoisotopic (exact) mass is 286 g/mol. The number of benzene rings is 2. The largest absolute Gasteiger partial charge is 0.496 e. The van der Waals surface area contributed by atoms with Gasteiger partial charge in [0.15, 0.2) is 0 Å². The van der Waals surface area contributed by atoms with Gasteiger partial charge in [0, 0.05) is 5.56 Å². The van der Waals surface area contributed by atoms with E-state index in [9.17, 15) is 4.79 Å². The van der Waals surface area contributed by atoms with Gasteiger partial charge in [-0.25, -0.2) is 0 Å². The zero-order chi connectivity index (χ0) is 15.2. The molecule has 4 heteroatoms. The van der Waals surface area contributed by atoms with Gasteiger partial charge in [0.05, 0.1) is 20.8 Å². The summed E-state index contributed by atoms with van der Waals surface area (Å²) in [6.45, 7) is 2.51. The normalized spacial score (nSPS) is 10.0. The van der Waals surface area contributed by atoms with Crippen LogP contribution in [0.25, 0.3) is 0 Å². The second-order valence-corrected chi connectivity index (χ2v) is 4.32. The number of carbonyl (C=O) groups excluding carboxylic acids is 1. The second-order valence-electron chi connectivity index (χ2n) is 4.32. The summed E-state index contributed by atoms with van der Waals surface area (Å²) in [4.78, 5) is 12.7. The molecule has 0 aliphatic heterocycles. The first-order valence-electron chi connectivity index (χ1n) is 6.69. The van der Waals surface area contributed by atoms with Crippen molar-refractivity contribution in [3.8, 4) is 17.2 Å². The molecule has 0 spiro atoms. The van der Waals surface area contributed by atoms with Crippen LogP contribution in [-0.2, 0) is 0 Å². The van der Waals surface area contributed by atoms with Gasteiger partial charge in [0.25, 0.3) is 0 Å². The van der Waals surface area contributed by atoms with Crippen LogP contribution in [0.2, 0.25) is 0 Å². The molecule has 0 heterocycles. The molecule has 110 valence electrons. The Hall–Kier alpha value is -2.49. The Morgan fingerprint density at radius 1 is 0.952 bits per heavy atom. The zero-order valence-corrected chi connectivity index (χ0v) is 12.4. The average Bonchev–Trinajstić information content (AvgIpc) is 2.54. The second kappa shape index (κ2) is 6.79. The molecule has 2 aromatic rings. The smallest absolute Gasteiger partial charge is 0.200 e. The Labute approximate surface area is 124 Å². The molecular weight excluding hydrogens is 268 g/mol. The third-order valence-corrected chi connectivity index (χ3v) is 3.08. The van der Waals surface area contributed by atoms with Gasteiger partial charge < -0.3 is 14.2 Å². The Balaban J connectivity index is 2.39. The lowest BCUT2D eigenvalue weighted by Gasteiger charge is -2.12. The van der Waals surface area contributed by atoms with Crippen molar-refractivity contribution in [2.75, 3.05) is 20.8 Å². The van der Waals surface area contributed by atoms with Crippen LogP contribution < -0.4 is 14.2 Å². The highest BCUT2D eigenvalue weighted by Crippen LogP contribution is 2.30. The van der Waals surface area contributed by atoms with Gasteiger partial charge in [-0.15, -0.1) is 0 Å². The van der Waals surface area contributed by atoms with Crippen LogP contribution >= 0.6 is 0 Å². The molecule has 0 aromatic heterocycles. The Kier molecular flexibility index (Phi) is 4.82. The van der Waals surface area contributed by atoms with Crippen LogP contribution in [0.4, 0.5) is 0 Å². The molecule has 0 aliphatic rings. The van der Waals surface area contributed by atoms with Crippen molar-refractivity contribution in [2.45, 2.75) is 6.92 Å². The van der Waals surface area contributed by atoms with Crippen LogP contribution in [0.3, 0.4) is 0 Å². The van der Waals surface area contributed by atoms with Gasteiger partial charge in [-0.05, 0) is 43.3 Å². The minimum Gasteiger partial charge on any atom is -0.496 e. The van der Waals surface area contributed by atoms with Gasteiger partial charge in [-0.3, -0.25) is 4.79 Å². The average molecular weight is 286 g/mol. The highest BCUT2D eigenvalue weighted by Gasteiger charge is 2.19. The molecule has 0 aliphatic carbocycles. The SMILES string of the molecule is CCOc1ccc(C(=O)c2c(OC)cccc2OC)cc1. The van der Waals surface area contributed by atoms with Crippen LogP contribution in [0.1, 0.15) is 22.8 Å². The van der Waals surface area contributed by atoms with E-state index in [1.807, 2.05) is 6.92 Å². The molecule has 0 fully saturated rings. The minimum atomic E-state index is -0.146. The number of carbonyl (C=O) groups is 1. The molecular formula is C17H18O4. The van der Waals surface area contributed by atoms with Crippen molar-refractivity contribution < 1.29 is 19.0 Å². The maximum Gasteiger partial charge on any atom is 0.200 e. The van der Waals surface area contributed by atoms with E-state index in [0.717, 1.165) is 5.75 Å². The van der Waals surface area contributed by atoms with Crippen molar-refractivity contribution in [3.63, 3.8) is 0 Å². The number of ether oxygens (including phenoxy) is 3. The molecule has 0 saturated heterocycles. The minimum absolute atomic E-state index is 0.146. The summed E-state index contributed by atoms with van der Waals surface area (Å²) in [5.41, 5.74) is 0.980. The van der Waals surface area contributed by atoms with Gasteiger partial charge in [-0.1, -0.05) is 6.07 Å². The van der Waals surface area contributed by atoms with Crippen molar-refractivity contribution in [2.24, 2.45) is 0 Å². The highest BCUT2D eigenvalue weighted by atomic mass is 16.5. The molecule has 0 amide bonds. The maximum absolute atomic E-state index is 12.7. The third kappa shape index (κ3) is 3.16. The van der Waals surface area contributed by atoms with E-state index in [2.05, 4.69) is 0 Å². The summed E-state index contributed by atoms with van der Waals surface area (Å²) in [6, 6.07) is 12.3. The predicted molar refractivity (Wildman–Crippen MR) is 80.6 cm³/mol. The molecule has 21 heavy (non-hydrogen) atoms. The number of hydrogen-bond acceptors (Lipinski definition) is 4. The highest BCUT2D eigenvalue weighted by molar-refractivity contribution is 6.12. The van der Waals surface area contributed by atoms with Crippen molar-refractivity contribution in [1.82, 2.24) is 0 Å². The fourth-order valence-electron chi connectivity index (χ4n) is 2.09. The quantitative estimate of drug-likeness (QED) is 0.764. The van der Waals surface area contributed by atoms with Gasteiger partial charge >= 0.3 is 0 Å². The Morgan fingerprint density at radius 3 is 2.00 bits per heavy atom. The van der Waals surface area contributed by atoms with Crippen molar-refractivity contribution in [3.05, 3.63) is 53.6 Å². The summed E-state index contributed by atoms with van der Waals surface area (Å²) in [5.74, 6) is 1.58. The molecule has 0 saturated carbocycles. The first-order valence-corrected chi connectivity index (χ1v) is 6.69. The molecule has 2 rings (SSSR count). The zero-order valence-electron chi connectivity index (χ0n) is 12.4. The molecule has 0 N–H and O–H groups in total. The first-order chi connectivity index (χ1) is 10.2. The van der Waals surface area contributed by atoms with E-state index in [1.165, 1.54) is 14.2 Å². The van der Waals surface area contributed by atoms with Crippen molar-refractivity contribution in [1.29, 1.82) is 0 Å². The van der Waals surface area contributed by atoms with Gasteiger partial charge in [-0.2, -0.15) is 0 Å². The van der Waals surface area contributed by atoms with E-state index >= 15 is 0 Å². The van der Waals surface area contributed by atoms with Crippen molar-refractivity contribution >= 4 is 5.78 Å². The lowest BCUT2D eigenvalue weighted by atomic mass is 10.0. The molecule has 0 bridgehead atoms. The van der Waals surface area contributed by atoms with E-state index in [4.69, 9.17) is 14.2 Å². The van der Waals surface area contributed by atoms with Gasteiger partial charge in [0.2, 0.25) is 5.78 Å². The summed E-state index contributed by atoms with van der Waals surface area (Å²) >= 11 is 0. The van der Waals surface area contributed by atoms with E-state index in [-0.39, 0.29) is 5.78 Å². The molecule has 0 unspecified atom stereocenters. The molecule has 0 atom stereocenters. The Bertz CT molecular complexity index is 595. The van der Waals surface area contributed by atoms with Crippen LogP contribution in [0.5, 0.6) is 17.2 Å². The summed E-state index contributed by atoms with van der Waals surface area (Å²) < 4.78 is 15.9. The number of hydrogen-bond donors (Lipinski definition) is 0. The first kappa shape index (κ1) is 14.9. The molecule has 2 aromatic carbocycles. The fourth-order valence-corrected chi connectivity index (χ4v) is 2.09. The maximum atomic E-state index is 12.7. The van der Waals surface area contributed by atoms with Crippen LogP contribution in [0, 0.1) is 0 Å². The summed E-state index contributed by atoms with van der Waals surface area (Å²) in [6.07, 6.45) is 0. The standard InChI is InChI=1S/C17H18O4/c1-4-21-13-10-8-12(9-11-13)17(18)16-14(19-2)6-5-7-15(16)20-3/h5-11H,4H2,1-3H3. The third-order valence-electron chi connectivity index (χ3n) is 3.08. The summed E-state index contributed by atoms with van der Waals surface area (Å²) in [7, 11) is 3.06. The predicted octanol–water partition coefficient (Wildman–Crippen LogP) is 3.33. The topological polar surface area (TPSA) is 44.8 Å². The van der Waals surface area contributed by atoms with E-state index in [1.54, 1.807) is 42.5 Å². The molecule has 4 nitrogen and oxygen atoms in total. The lowest BCUT2D eigenvalue weighted by molar-refractivity contribution is 0.103. The molecule has 0 radical (unpaired) electrons. The number of ketones is 1. The van der Waals surface area contributed by atoms with Gasteiger partial charge in [0.1, 0.15) is 22.8 Å². The van der Waals surface area contributed by atoms with E-state index in [0.29, 0.717) is 29.2 Å². The van der Waals surface area contributed by atoms with Crippen LogP contribution in [-0.4, -0.2) is 26.6 Å².